The summed E-state index contributed by atoms with van der Waals surface area (Å²) in [6.07, 6.45) is 1.85. The molecule has 0 fully saturated rings. The summed E-state index contributed by atoms with van der Waals surface area (Å²) in [6.45, 7) is 3.84. The number of nitrogens with zero attached hydrogens (tertiary/aromatic N) is 1. The Morgan fingerprint density at radius 2 is 1.65 bits per heavy atom. The summed E-state index contributed by atoms with van der Waals surface area (Å²) in [7, 11) is -3.69. The predicted molar refractivity (Wildman–Crippen MR) is 60.3 cm³/mol. The first-order valence-corrected chi connectivity index (χ1v) is 7.28. The Morgan fingerprint density at radius 3 is 2.06 bits per heavy atom. The summed E-state index contributed by atoms with van der Waals surface area (Å²) in [6, 6.07) is 0. The van der Waals surface area contributed by atoms with E-state index in [4.69, 9.17) is 0 Å². The van der Waals surface area contributed by atoms with Crippen LogP contribution in [0.4, 0.5) is 4.79 Å². The van der Waals surface area contributed by atoms with E-state index in [-0.39, 0.29) is 41.9 Å². The standard InChI is InChI=1S/C10H21NO4S.Na/c1-3-5-7-8-11(10(12)13)16(14,15)9-6-4-2;/h3-9H2,1-2H3,(H,12,13);/q;+1/p-1. The van der Waals surface area contributed by atoms with Gasteiger partial charge in [0.25, 0.3) is 0 Å². The fourth-order valence-electron chi connectivity index (χ4n) is 1.29. The third kappa shape index (κ3) is 8.02. The van der Waals surface area contributed by atoms with E-state index in [0.717, 1.165) is 19.3 Å². The molecule has 17 heavy (non-hydrogen) atoms. The number of carboxylic acid groups (broad SMARTS) is 1. The van der Waals surface area contributed by atoms with Crippen LogP contribution in [0.15, 0.2) is 0 Å². The van der Waals surface area contributed by atoms with Gasteiger partial charge >= 0.3 is 29.6 Å². The summed E-state index contributed by atoms with van der Waals surface area (Å²) < 4.78 is 23.7. The number of carbonyl (C=O) groups excluding carboxylic acids is 1. The normalized spacial score (nSPS) is 10.7. The first kappa shape index (κ1) is 19.6. The van der Waals surface area contributed by atoms with Crippen molar-refractivity contribution >= 4 is 16.1 Å². The van der Waals surface area contributed by atoms with Crippen molar-refractivity contribution in [1.82, 2.24) is 4.31 Å². The van der Waals surface area contributed by atoms with Gasteiger partial charge in [-0.2, -0.15) is 0 Å². The van der Waals surface area contributed by atoms with Gasteiger partial charge in [0.05, 0.1) is 5.75 Å². The van der Waals surface area contributed by atoms with Crippen LogP contribution >= 0.6 is 0 Å². The van der Waals surface area contributed by atoms with Crippen molar-refractivity contribution in [2.45, 2.75) is 46.0 Å². The van der Waals surface area contributed by atoms with Crippen LogP contribution in [0.3, 0.4) is 0 Å². The van der Waals surface area contributed by atoms with E-state index in [1.807, 2.05) is 13.8 Å². The van der Waals surface area contributed by atoms with E-state index >= 15 is 0 Å². The third-order valence-electron chi connectivity index (χ3n) is 2.26. The average molecular weight is 273 g/mol. The molecule has 0 saturated carbocycles. The molecule has 0 aliphatic heterocycles. The Hall–Kier alpha value is 0.220. The Kier molecular flexibility index (Phi) is 11.7. The largest absolute Gasteiger partial charge is 1.00 e. The number of hydrogen-bond acceptors (Lipinski definition) is 4. The quantitative estimate of drug-likeness (QED) is 0.377. The Morgan fingerprint density at radius 1 is 1.12 bits per heavy atom. The Bertz CT molecular complexity index is 305. The van der Waals surface area contributed by atoms with Crippen molar-refractivity contribution in [3.8, 4) is 0 Å². The van der Waals surface area contributed by atoms with E-state index in [0.29, 0.717) is 17.1 Å². The second-order valence-electron chi connectivity index (χ2n) is 3.71. The number of unbranched alkanes of at least 4 members (excludes halogenated alkanes) is 3. The maximum Gasteiger partial charge on any atom is 1.00 e. The fraction of sp³-hybridized carbons (Fsp3) is 0.900. The van der Waals surface area contributed by atoms with Crippen molar-refractivity contribution in [2.75, 3.05) is 12.3 Å². The SMILES string of the molecule is CCCCCN(C(=O)[O-])S(=O)(=O)CCCC.[Na+]. The molecule has 0 atom stereocenters. The number of hydrogen-bond donors (Lipinski definition) is 0. The van der Waals surface area contributed by atoms with Crippen LogP contribution in [0, 0.1) is 0 Å². The van der Waals surface area contributed by atoms with Crippen LogP contribution in [0.5, 0.6) is 0 Å². The van der Waals surface area contributed by atoms with E-state index in [2.05, 4.69) is 0 Å². The topological polar surface area (TPSA) is 77.5 Å². The molecule has 0 aliphatic carbocycles. The molecule has 0 aromatic heterocycles. The summed E-state index contributed by atoms with van der Waals surface area (Å²) in [5.41, 5.74) is 0. The van der Waals surface area contributed by atoms with E-state index < -0.39 is 16.1 Å². The predicted octanol–water partition coefficient (Wildman–Crippen LogP) is -2.04. The molecule has 96 valence electrons. The molecular formula is C10H20NNaO4S. The molecule has 0 aromatic rings. The molecular weight excluding hydrogens is 253 g/mol. The second-order valence-corrected chi connectivity index (χ2v) is 5.73. The van der Waals surface area contributed by atoms with Crippen LogP contribution in [0.2, 0.25) is 0 Å². The molecule has 0 radical (unpaired) electrons. The van der Waals surface area contributed by atoms with Gasteiger partial charge in [0.15, 0.2) is 6.09 Å². The zero-order chi connectivity index (χ0) is 12.6. The van der Waals surface area contributed by atoms with Gasteiger partial charge in [0.2, 0.25) is 10.0 Å². The van der Waals surface area contributed by atoms with Crippen LogP contribution in [0.1, 0.15) is 46.0 Å². The van der Waals surface area contributed by atoms with Crippen molar-refractivity contribution in [3.05, 3.63) is 0 Å². The van der Waals surface area contributed by atoms with Crippen molar-refractivity contribution in [2.24, 2.45) is 0 Å². The molecule has 0 aromatic carbocycles. The molecule has 0 rings (SSSR count). The zero-order valence-corrected chi connectivity index (χ0v) is 13.8. The smallest absolute Gasteiger partial charge is 0.529 e. The minimum atomic E-state index is -3.69. The fourth-order valence-corrected chi connectivity index (χ4v) is 2.79. The summed E-state index contributed by atoms with van der Waals surface area (Å²) in [5.74, 6) is -0.121. The molecule has 1 amide bonds. The summed E-state index contributed by atoms with van der Waals surface area (Å²) >= 11 is 0. The number of rotatable bonds is 8. The Balaban J connectivity index is 0. The average Bonchev–Trinajstić information content (AvgIpc) is 2.20. The molecule has 5 nitrogen and oxygen atoms in total. The van der Waals surface area contributed by atoms with Crippen LogP contribution < -0.4 is 34.7 Å². The van der Waals surface area contributed by atoms with Crippen molar-refractivity contribution < 1.29 is 47.9 Å². The van der Waals surface area contributed by atoms with Crippen LogP contribution in [-0.2, 0) is 10.0 Å². The van der Waals surface area contributed by atoms with Gasteiger partial charge in [-0.3, -0.25) is 4.31 Å². The number of carbonyl (C=O) groups is 1. The minimum Gasteiger partial charge on any atom is -0.529 e. The Labute approximate surface area is 126 Å². The molecule has 0 bridgehead atoms. The van der Waals surface area contributed by atoms with Gasteiger partial charge in [-0.1, -0.05) is 33.1 Å². The van der Waals surface area contributed by atoms with Gasteiger partial charge in [-0.25, -0.2) is 8.42 Å². The molecule has 0 saturated heterocycles. The first-order valence-electron chi connectivity index (χ1n) is 5.67. The molecule has 0 unspecified atom stereocenters. The van der Waals surface area contributed by atoms with E-state index in [1.165, 1.54) is 0 Å². The molecule has 7 heteroatoms. The van der Waals surface area contributed by atoms with Gasteiger partial charge in [0, 0.05) is 6.54 Å². The maximum atomic E-state index is 11.6. The minimum absolute atomic E-state index is 0. The second kappa shape index (κ2) is 10.2. The van der Waals surface area contributed by atoms with Gasteiger partial charge in [0.1, 0.15) is 0 Å². The van der Waals surface area contributed by atoms with E-state index in [9.17, 15) is 18.3 Å². The summed E-state index contributed by atoms with van der Waals surface area (Å²) in [4.78, 5) is 10.7. The number of sulfonamides is 1. The van der Waals surface area contributed by atoms with E-state index in [1.54, 1.807) is 0 Å². The number of amides is 1. The molecule has 0 heterocycles. The molecule has 0 N–H and O–H groups in total. The van der Waals surface area contributed by atoms with Gasteiger partial charge in [-0.05, 0) is 12.8 Å². The monoisotopic (exact) mass is 273 g/mol. The van der Waals surface area contributed by atoms with Gasteiger partial charge in [-0.15, -0.1) is 0 Å². The summed E-state index contributed by atoms with van der Waals surface area (Å²) in [5, 5.41) is 10.7. The first-order chi connectivity index (χ1) is 7.45. The van der Waals surface area contributed by atoms with Crippen LogP contribution in [-0.4, -0.2) is 31.1 Å². The molecule has 0 aliphatic rings. The van der Waals surface area contributed by atoms with Crippen molar-refractivity contribution in [1.29, 1.82) is 0 Å². The zero-order valence-electron chi connectivity index (χ0n) is 10.9. The molecule has 0 spiro atoms. The third-order valence-corrected chi connectivity index (χ3v) is 4.07. The van der Waals surface area contributed by atoms with Crippen molar-refractivity contribution in [3.63, 3.8) is 0 Å². The maximum absolute atomic E-state index is 11.6. The van der Waals surface area contributed by atoms with Gasteiger partial charge < -0.3 is 9.90 Å². The van der Waals surface area contributed by atoms with Crippen LogP contribution in [0.25, 0.3) is 0 Å².